The Labute approximate surface area is 97.7 Å². The van der Waals surface area contributed by atoms with Crippen molar-refractivity contribution in [1.82, 2.24) is 0 Å². The maximum Gasteiger partial charge on any atom is 0.343 e. The number of carbonyl (C=O) groups is 1. The lowest BCUT2D eigenvalue weighted by Gasteiger charge is -2.04. The number of carbonyl (C=O) groups excluding carboxylic acids is 1. The molecule has 0 amide bonds. The van der Waals surface area contributed by atoms with E-state index in [-0.39, 0.29) is 17.1 Å². The second-order valence-corrected chi connectivity index (χ2v) is 3.43. The van der Waals surface area contributed by atoms with E-state index < -0.39 is 5.97 Å². The van der Waals surface area contributed by atoms with Gasteiger partial charge in [0.2, 0.25) is 0 Å². The Hall–Kier alpha value is -2.49. The van der Waals surface area contributed by atoms with Crippen LogP contribution in [0.5, 0.6) is 17.2 Å². The molecule has 0 aromatic heterocycles. The van der Waals surface area contributed by atoms with Crippen LogP contribution in [-0.4, -0.2) is 16.2 Å². The molecule has 2 aromatic rings. The SMILES string of the molecule is O=C(Oc1ccc(O)cc1)c1cccc(O)c1. The van der Waals surface area contributed by atoms with Gasteiger partial charge in [0.15, 0.2) is 0 Å². The minimum Gasteiger partial charge on any atom is -0.508 e. The Balaban J connectivity index is 2.14. The monoisotopic (exact) mass is 230 g/mol. The summed E-state index contributed by atoms with van der Waals surface area (Å²) in [5, 5.41) is 18.3. The molecule has 4 heteroatoms. The van der Waals surface area contributed by atoms with E-state index in [1.165, 1.54) is 36.4 Å². The molecule has 0 aliphatic carbocycles. The number of ether oxygens (including phenoxy) is 1. The van der Waals surface area contributed by atoms with E-state index in [0.29, 0.717) is 5.75 Å². The molecule has 0 unspecified atom stereocenters. The molecule has 2 aromatic carbocycles. The van der Waals surface area contributed by atoms with Gasteiger partial charge < -0.3 is 14.9 Å². The van der Waals surface area contributed by atoms with Crippen LogP contribution in [0.15, 0.2) is 48.5 Å². The highest BCUT2D eigenvalue weighted by Crippen LogP contribution is 2.18. The van der Waals surface area contributed by atoms with E-state index in [9.17, 15) is 9.90 Å². The smallest absolute Gasteiger partial charge is 0.343 e. The Bertz CT molecular complexity index is 531. The lowest BCUT2D eigenvalue weighted by atomic mass is 10.2. The highest BCUT2D eigenvalue weighted by atomic mass is 16.5. The number of benzene rings is 2. The molecule has 2 rings (SSSR count). The second-order valence-electron chi connectivity index (χ2n) is 3.43. The summed E-state index contributed by atoms with van der Waals surface area (Å²) in [7, 11) is 0. The minimum atomic E-state index is -0.563. The van der Waals surface area contributed by atoms with Gasteiger partial charge in [-0.2, -0.15) is 0 Å². The van der Waals surface area contributed by atoms with E-state index in [2.05, 4.69) is 0 Å². The van der Waals surface area contributed by atoms with Gasteiger partial charge in [0.25, 0.3) is 0 Å². The molecule has 0 bridgehead atoms. The van der Waals surface area contributed by atoms with Crippen molar-refractivity contribution in [3.8, 4) is 17.2 Å². The number of rotatable bonds is 2. The fraction of sp³-hybridized carbons (Fsp3) is 0. The molecule has 0 radical (unpaired) electrons. The van der Waals surface area contributed by atoms with Crippen LogP contribution in [-0.2, 0) is 0 Å². The summed E-state index contributed by atoms with van der Waals surface area (Å²) < 4.78 is 5.05. The van der Waals surface area contributed by atoms with Gasteiger partial charge in [-0.15, -0.1) is 0 Å². The predicted molar refractivity (Wildman–Crippen MR) is 61.2 cm³/mol. The molecule has 17 heavy (non-hydrogen) atoms. The number of hydrogen-bond donors (Lipinski definition) is 2. The molecular weight excluding hydrogens is 220 g/mol. The van der Waals surface area contributed by atoms with Crippen molar-refractivity contribution in [3.05, 3.63) is 54.1 Å². The van der Waals surface area contributed by atoms with E-state index in [4.69, 9.17) is 9.84 Å². The third-order valence-corrected chi connectivity index (χ3v) is 2.13. The fourth-order valence-electron chi connectivity index (χ4n) is 1.31. The topological polar surface area (TPSA) is 66.8 Å². The Morgan fingerprint density at radius 1 is 0.941 bits per heavy atom. The maximum absolute atomic E-state index is 11.7. The maximum atomic E-state index is 11.7. The van der Waals surface area contributed by atoms with E-state index >= 15 is 0 Å². The number of hydrogen-bond acceptors (Lipinski definition) is 4. The first-order valence-corrected chi connectivity index (χ1v) is 4.95. The van der Waals surface area contributed by atoms with Gasteiger partial charge in [-0.3, -0.25) is 0 Å². The molecule has 86 valence electrons. The van der Waals surface area contributed by atoms with E-state index in [1.54, 1.807) is 12.1 Å². The Morgan fingerprint density at radius 2 is 1.65 bits per heavy atom. The lowest BCUT2D eigenvalue weighted by Crippen LogP contribution is -2.07. The Morgan fingerprint density at radius 3 is 2.29 bits per heavy atom. The predicted octanol–water partition coefficient (Wildman–Crippen LogP) is 2.32. The van der Waals surface area contributed by atoms with Gasteiger partial charge in [0.05, 0.1) is 5.56 Å². The third-order valence-electron chi connectivity index (χ3n) is 2.13. The summed E-state index contributed by atoms with van der Waals surface area (Å²) >= 11 is 0. The van der Waals surface area contributed by atoms with Gasteiger partial charge >= 0.3 is 5.97 Å². The molecule has 4 nitrogen and oxygen atoms in total. The standard InChI is InChI=1S/C13H10O4/c14-10-4-6-12(7-5-10)17-13(16)9-2-1-3-11(15)8-9/h1-8,14-15H. The first kappa shape index (κ1) is 11.0. The summed E-state index contributed by atoms with van der Waals surface area (Å²) in [6.45, 7) is 0. The van der Waals surface area contributed by atoms with Crippen LogP contribution in [0.1, 0.15) is 10.4 Å². The first-order valence-electron chi connectivity index (χ1n) is 4.95. The highest BCUT2D eigenvalue weighted by Gasteiger charge is 2.08. The van der Waals surface area contributed by atoms with Crippen LogP contribution >= 0.6 is 0 Å². The summed E-state index contributed by atoms with van der Waals surface area (Å²) in [4.78, 5) is 11.7. The number of phenols is 2. The van der Waals surface area contributed by atoms with Gasteiger partial charge in [-0.25, -0.2) is 4.79 Å². The van der Waals surface area contributed by atoms with Crippen molar-refractivity contribution in [1.29, 1.82) is 0 Å². The van der Waals surface area contributed by atoms with Crippen LogP contribution in [0, 0.1) is 0 Å². The van der Waals surface area contributed by atoms with Crippen molar-refractivity contribution in [2.45, 2.75) is 0 Å². The molecule has 0 aliphatic heterocycles. The average Bonchev–Trinajstić information content (AvgIpc) is 2.32. The largest absolute Gasteiger partial charge is 0.508 e. The fourth-order valence-corrected chi connectivity index (χ4v) is 1.31. The van der Waals surface area contributed by atoms with Crippen LogP contribution in [0.4, 0.5) is 0 Å². The minimum absolute atomic E-state index is 0.00477. The number of aromatic hydroxyl groups is 2. The van der Waals surface area contributed by atoms with Crippen LogP contribution in [0.25, 0.3) is 0 Å². The van der Waals surface area contributed by atoms with Crippen molar-refractivity contribution in [3.63, 3.8) is 0 Å². The molecule has 0 fully saturated rings. The van der Waals surface area contributed by atoms with Gasteiger partial charge in [0.1, 0.15) is 17.2 Å². The summed E-state index contributed by atoms with van der Waals surface area (Å²) in [6, 6.07) is 11.7. The molecule has 0 spiro atoms. The average molecular weight is 230 g/mol. The summed E-state index contributed by atoms with van der Waals surface area (Å²) in [6.07, 6.45) is 0. The Kier molecular flexibility index (Phi) is 2.96. The molecule has 0 aliphatic rings. The molecule has 0 saturated carbocycles. The number of phenolic OH excluding ortho intramolecular Hbond substituents is 2. The van der Waals surface area contributed by atoms with Crippen molar-refractivity contribution in [2.24, 2.45) is 0 Å². The third kappa shape index (κ3) is 2.75. The second kappa shape index (κ2) is 4.57. The van der Waals surface area contributed by atoms with Crippen LogP contribution in [0.2, 0.25) is 0 Å². The van der Waals surface area contributed by atoms with Gasteiger partial charge in [-0.1, -0.05) is 6.07 Å². The summed E-state index contributed by atoms with van der Waals surface area (Å²) in [5.74, 6) is -0.130. The molecule has 0 atom stereocenters. The lowest BCUT2D eigenvalue weighted by molar-refractivity contribution is 0.0734. The van der Waals surface area contributed by atoms with E-state index in [1.807, 2.05) is 0 Å². The van der Waals surface area contributed by atoms with Crippen molar-refractivity contribution >= 4 is 5.97 Å². The first-order chi connectivity index (χ1) is 8.15. The van der Waals surface area contributed by atoms with Crippen molar-refractivity contribution < 1.29 is 19.7 Å². The number of esters is 1. The van der Waals surface area contributed by atoms with Crippen LogP contribution in [0.3, 0.4) is 0 Å². The summed E-state index contributed by atoms with van der Waals surface area (Å²) in [5.41, 5.74) is 0.262. The quantitative estimate of drug-likeness (QED) is 0.613. The van der Waals surface area contributed by atoms with E-state index in [0.717, 1.165) is 0 Å². The normalized spacial score (nSPS) is 9.88. The molecular formula is C13H10O4. The zero-order valence-electron chi connectivity index (χ0n) is 8.83. The molecule has 0 heterocycles. The van der Waals surface area contributed by atoms with Crippen LogP contribution < -0.4 is 4.74 Å². The zero-order valence-corrected chi connectivity index (χ0v) is 8.83. The molecule has 0 saturated heterocycles. The zero-order chi connectivity index (χ0) is 12.3. The van der Waals surface area contributed by atoms with Gasteiger partial charge in [-0.05, 0) is 42.5 Å². The highest BCUT2D eigenvalue weighted by molar-refractivity contribution is 5.91. The molecule has 2 N–H and O–H groups in total. The van der Waals surface area contributed by atoms with Gasteiger partial charge in [0, 0.05) is 0 Å². The van der Waals surface area contributed by atoms with Crippen molar-refractivity contribution in [2.75, 3.05) is 0 Å².